The predicted molar refractivity (Wildman–Crippen MR) is 85.8 cm³/mol. The third kappa shape index (κ3) is 2.23. The number of ketones is 1. The molecule has 0 bridgehead atoms. The second-order valence-corrected chi connectivity index (χ2v) is 5.92. The largest absolute Gasteiger partial charge is 0.442 e. The fourth-order valence-electron chi connectivity index (χ4n) is 3.13. The van der Waals surface area contributed by atoms with Gasteiger partial charge in [0.2, 0.25) is 5.90 Å². The lowest BCUT2D eigenvalue weighted by Crippen LogP contribution is -2.39. The van der Waals surface area contributed by atoms with Crippen LogP contribution < -0.4 is 4.74 Å². The number of benzene rings is 2. The van der Waals surface area contributed by atoms with Gasteiger partial charge in [0.05, 0.1) is 5.69 Å². The first-order chi connectivity index (χ1) is 10.8. The van der Waals surface area contributed by atoms with E-state index in [0.717, 1.165) is 24.2 Å². The van der Waals surface area contributed by atoms with Crippen molar-refractivity contribution in [3.8, 4) is 5.75 Å². The molecule has 4 rings (SSSR count). The number of nitrogens with zero attached hydrogens (tertiary/aromatic N) is 1. The van der Waals surface area contributed by atoms with Crippen molar-refractivity contribution in [1.82, 2.24) is 0 Å². The van der Waals surface area contributed by atoms with Crippen molar-refractivity contribution in [2.75, 3.05) is 0 Å². The molecular weight excluding hydrogens is 274 g/mol. The van der Waals surface area contributed by atoms with E-state index >= 15 is 0 Å². The van der Waals surface area contributed by atoms with Gasteiger partial charge in [-0.3, -0.25) is 4.79 Å². The molecule has 0 spiro atoms. The number of hydrogen-bond acceptors (Lipinski definition) is 3. The summed E-state index contributed by atoms with van der Waals surface area (Å²) in [5.41, 5.74) is 1.44. The summed E-state index contributed by atoms with van der Waals surface area (Å²) in [7, 11) is 0. The molecule has 0 amide bonds. The Kier molecular flexibility index (Phi) is 3.26. The van der Waals surface area contributed by atoms with Crippen LogP contribution in [0, 0.1) is 11.8 Å². The Morgan fingerprint density at radius 3 is 2.41 bits per heavy atom. The molecule has 1 unspecified atom stereocenters. The molecular formula is C19H17NO2. The molecule has 2 aromatic carbocycles. The third-order valence-corrected chi connectivity index (χ3v) is 4.54. The normalized spacial score (nSPS) is 20.8. The highest BCUT2D eigenvalue weighted by Gasteiger charge is 2.41. The molecule has 0 aromatic heterocycles. The maximum Gasteiger partial charge on any atom is 0.206 e. The minimum absolute atomic E-state index is 0.154. The summed E-state index contributed by atoms with van der Waals surface area (Å²) in [6, 6.07) is 17.1. The van der Waals surface area contributed by atoms with Crippen LogP contribution in [0.25, 0.3) is 0 Å². The van der Waals surface area contributed by atoms with E-state index in [4.69, 9.17) is 4.74 Å². The van der Waals surface area contributed by atoms with Crippen molar-refractivity contribution in [2.24, 2.45) is 16.8 Å². The summed E-state index contributed by atoms with van der Waals surface area (Å²) in [6.07, 6.45) is 3.35. The highest BCUT2D eigenvalue weighted by molar-refractivity contribution is 6.16. The van der Waals surface area contributed by atoms with Crippen molar-refractivity contribution >= 4 is 17.4 Å². The molecule has 2 aliphatic rings. The number of para-hydroxylation sites is 2. The zero-order valence-corrected chi connectivity index (χ0v) is 12.2. The highest BCUT2D eigenvalue weighted by Crippen LogP contribution is 2.40. The summed E-state index contributed by atoms with van der Waals surface area (Å²) < 4.78 is 5.98. The highest BCUT2D eigenvalue weighted by atomic mass is 16.5. The van der Waals surface area contributed by atoms with Crippen LogP contribution in [-0.4, -0.2) is 11.7 Å². The molecule has 110 valence electrons. The van der Waals surface area contributed by atoms with Gasteiger partial charge in [-0.1, -0.05) is 36.8 Å². The minimum atomic E-state index is -0.233. The summed E-state index contributed by atoms with van der Waals surface area (Å²) in [5.74, 6) is 1.57. The van der Waals surface area contributed by atoms with Crippen molar-refractivity contribution in [3.05, 3.63) is 60.2 Å². The van der Waals surface area contributed by atoms with Gasteiger partial charge in [-0.15, -0.1) is 0 Å². The summed E-state index contributed by atoms with van der Waals surface area (Å²) in [5, 5.41) is 0. The van der Waals surface area contributed by atoms with Gasteiger partial charge in [0.25, 0.3) is 0 Å². The van der Waals surface area contributed by atoms with E-state index in [1.165, 1.54) is 6.42 Å². The van der Waals surface area contributed by atoms with E-state index in [0.29, 0.717) is 17.5 Å². The van der Waals surface area contributed by atoms with Crippen molar-refractivity contribution in [1.29, 1.82) is 0 Å². The molecule has 2 aromatic rings. The van der Waals surface area contributed by atoms with E-state index in [2.05, 4.69) is 4.99 Å². The van der Waals surface area contributed by atoms with E-state index in [9.17, 15) is 4.79 Å². The maximum atomic E-state index is 12.9. The lowest BCUT2D eigenvalue weighted by Gasteiger charge is -2.35. The zero-order chi connectivity index (χ0) is 14.9. The van der Waals surface area contributed by atoms with Crippen LogP contribution in [0.2, 0.25) is 0 Å². The van der Waals surface area contributed by atoms with Gasteiger partial charge in [-0.2, -0.15) is 0 Å². The number of aliphatic imine (C=N–C) groups is 1. The van der Waals surface area contributed by atoms with Gasteiger partial charge in [0.1, 0.15) is 11.7 Å². The Bertz CT molecular complexity index is 732. The van der Waals surface area contributed by atoms with Crippen LogP contribution in [-0.2, 0) is 0 Å². The molecule has 1 saturated carbocycles. The number of carbonyl (C=O) groups is 1. The zero-order valence-electron chi connectivity index (χ0n) is 12.2. The quantitative estimate of drug-likeness (QED) is 0.822. The van der Waals surface area contributed by atoms with Crippen LogP contribution in [0.4, 0.5) is 5.69 Å². The second-order valence-electron chi connectivity index (χ2n) is 5.92. The molecule has 0 saturated heterocycles. The Labute approximate surface area is 129 Å². The average Bonchev–Trinajstić information content (AvgIpc) is 2.50. The monoisotopic (exact) mass is 291 g/mol. The maximum absolute atomic E-state index is 12.9. The second kappa shape index (κ2) is 5.41. The van der Waals surface area contributed by atoms with Crippen LogP contribution in [0.3, 0.4) is 0 Å². The van der Waals surface area contributed by atoms with Crippen molar-refractivity contribution < 1.29 is 9.53 Å². The fourth-order valence-corrected chi connectivity index (χ4v) is 3.13. The summed E-state index contributed by atoms with van der Waals surface area (Å²) >= 11 is 0. The Hall–Kier alpha value is -2.42. The lowest BCUT2D eigenvalue weighted by molar-refractivity contribution is 0.0866. The van der Waals surface area contributed by atoms with Crippen LogP contribution in [0.5, 0.6) is 5.75 Å². The number of ether oxygens (including phenoxy) is 1. The molecule has 3 nitrogen and oxygen atoms in total. The van der Waals surface area contributed by atoms with Gasteiger partial charge in [-0.05, 0) is 43.0 Å². The SMILES string of the molecule is O=C1c2ccccc2N=C(Oc2ccccc2)C1C1CCC1. The first-order valence-electron chi connectivity index (χ1n) is 7.77. The van der Waals surface area contributed by atoms with Crippen molar-refractivity contribution in [3.63, 3.8) is 0 Å². The van der Waals surface area contributed by atoms with E-state index in [-0.39, 0.29) is 11.7 Å². The van der Waals surface area contributed by atoms with Crippen LogP contribution in [0.1, 0.15) is 29.6 Å². The first-order valence-corrected chi connectivity index (χ1v) is 7.77. The number of hydrogen-bond donors (Lipinski definition) is 0. The Balaban J connectivity index is 1.74. The predicted octanol–water partition coefficient (Wildman–Crippen LogP) is 4.41. The number of rotatable bonds is 2. The molecule has 22 heavy (non-hydrogen) atoms. The first kappa shape index (κ1) is 13.3. The topological polar surface area (TPSA) is 38.7 Å². The Morgan fingerprint density at radius 2 is 1.68 bits per heavy atom. The van der Waals surface area contributed by atoms with Gasteiger partial charge in [0, 0.05) is 5.56 Å². The molecule has 0 N–H and O–H groups in total. The van der Waals surface area contributed by atoms with Gasteiger partial charge >= 0.3 is 0 Å². The molecule has 1 aliphatic carbocycles. The van der Waals surface area contributed by atoms with Gasteiger partial charge < -0.3 is 4.74 Å². The van der Waals surface area contributed by atoms with Gasteiger partial charge in [0.15, 0.2) is 5.78 Å². The minimum Gasteiger partial charge on any atom is -0.442 e. The van der Waals surface area contributed by atoms with E-state index < -0.39 is 0 Å². The van der Waals surface area contributed by atoms with Crippen molar-refractivity contribution in [2.45, 2.75) is 19.3 Å². The van der Waals surface area contributed by atoms with Crippen LogP contribution in [0.15, 0.2) is 59.6 Å². The Morgan fingerprint density at radius 1 is 0.955 bits per heavy atom. The van der Waals surface area contributed by atoms with Crippen LogP contribution >= 0.6 is 0 Å². The molecule has 3 heteroatoms. The smallest absolute Gasteiger partial charge is 0.206 e. The lowest BCUT2D eigenvalue weighted by atomic mass is 9.72. The molecule has 1 fully saturated rings. The molecule has 1 heterocycles. The van der Waals surface area contributed by atoms with Gasteiger partial charge in [-0.25, -0.2) is 4.99 Å². The number of fused-ring (bicyclic) bond motifs is 1. The molecule has 1 aliphatic heterocycles. The third-order valence-electron chi connectivity index (χ3n) is 4.54. The number of Topliss-reactive ketones (excluding diaryl/α,β-unsaturated/α-hetero) is 1. The molecule has 1 atom stereocenters. The molecule has 0 radical (unpaired) electrons. The fraction of sp³-hybridized carbons (Fsp3) is 0.263. The average molecular weight is 291 g/mol. The summed E-state index contributed by atoms with van der Waals surface area (Å²) in [6.45, 7) is 0. The summed E-state index contributed by atoms with van der Waals surface area (Å²) in [4.78, 5) is 17.5. The number of carbonyl (C=O) groups excluding carboxylic acids is 1. The standard InChI is InChI=1S/C19H17NO2/c21-18-15-11-4-5-12-16(15)20-19(17(18)13-7-6-8-13)22-14-9-2-1-3-10-14/h1-5,9-13,17H,6-8H2. The van der Waals surface area contributed by atoms with E-state index in [1.807, 2.05) is 54.6 Å². The van der Waals surface area contributed by atoms with E-state index in [1.54, 1.807) is 0 Å².